The van der Waals surface area contributed by atoms with E-state index in [9.17, 15) is 18.0 Å². The highest BCUT2D eigenvalue weighted by atomic mass is 19.3. The van der Waals surface area contributed by atoms with Crippen LogP contribution in [0, 0.1) is 0 Å². The van der Waals surface area contributed by atoms with Crippen molar-refractivity contribution < 1.29 is 22.4 Å². The van der Waals surface area contributed by atoms with Crippen LogP contribution in [0.5, 0.6) is 0 Å². The molecule has 0 aliphatic heterocycles. The van der Waals surface area contributed by atoms with Gasteiger partial charge in [-0.2, -0.15) is 8.78 Å². The second-order valence-electron chi connectivity index (χ2n) is 8.15. The summed E-state index contributed by atoms with van der Waals surface area (Å²) in [5.74, 6) is -0.662. The summed E-state index contributed by atoms with van der Waals surface area (Å²) in [5.41, 5.74) is 2.63. The van der Waals surface area contributed by atoms with Crippen molar-refractivity contribution in [3.63, 3.8) is 0 Å². The fourth-order valence-corrected chi connectivity index (χ4v) is 2.72. The zero-order chi connectivity index (χ0) is 24.7. The number of hydrogen-bond donors (Lipinski definition) is 1. The van der Waals surface area contributed by atoms with Gasteiger partial charge in [-0.05, 0) is 50.6 Å². The van der Waals surface area contributed by atoms with E-state index in [0.717, 1.165) is 11.1 Å². The molecule has 11 heteroatoms. The van der Waals surface area contributed by atoms with E-state index in [1.165, 1.54) is 20.8 Å². The van der Waals surface area contributed by atoms with Crippen molar-refractivity contribution in [3.05, 3.63) is 66.2 Å². The first-order valence-corrected chi connectivity index (χ1v) is 10.2. The van der Waals surface area contributed by atoms with Crippen molar-refractivity contribution in [2.45, 2.75) is 39.4 Å². The number of rotatable bonds is 7. The number of nitrogens with one attached hydrogen (secondary N) is 1. The van der Waals surface area contributed by atoms with Crippen LogP contribution in [0.1, 0.15) is 38.7 Å². The lowest BCUT2D eigenvalue weighted by Crippen LogP contribution is -2.01. The van der Waals surface area contributed by atoms with Crippen LogP contribution in [0.25, 0.3) is 22.7 Å². The van der Waals surface area contributed by atoms with Crippen LogP contribution in [0.2, 0.25) is 0 Å². The molecule has 2 aromatic carbocycles. The standard InChI is InChI=1S/C19H14F2N6O2.C4H9F/c20-17(21)19-25-24-18(29-19)13-6-4-12(5-7-13)9-27-10-16(23-26-27)14-2-1-3-15(8-14)22-11-28;1-4(2,3)5/h1-8,10-11,17H,9H2,(H,22,28);1-3H3. The van der Waals surface area contributed by atoms with E-state index < -0.39 is 18.0 Å². The summed E-state index contributed by atoms with van der Waals surface area (Å²) in [7, 11) is 0. The van der Waals surface area contributed by atoms with Gasteiger partial charge in [0.1, 0.15) is 11.4 Å². The Labute approximate surface area is 193 Å². The third-order valence-electron chi connectivity index (χ3n) is 4.10. The van der Waals surface area contributed by atoms with Crippen LogP contribution in [0.4, 0.5) is 18.9 Å². The van der Waals surface area contributed by atoms with Crippen molar-refractivity contribution in [1.29, 1.82) is 0 Å². The van der Waals surface area contributed by atoms with Gasteiger partial charge in [0.25, 0.3) is 5.89 Å². The average molecular weight is 472 g/mol. The van der Waals surface area contributed by atoms with Gasteiger partial charge < -0.3 is 9.73 Å². The first kappa shape index (κ1) is 24.6. The average Bonchev–Trinajstić information content (AvgIpc) is 3.44. The highest BCUT2D eigenvalue weighted by Crippen LogP contribution is 2.24. The van der Waals surface area contributed by atoms with Crippen molar-refractivity contribution >= 4 is 12.1 Å². The van der Waals surface area contributed by atoms with Gasteiger partial charge in [0.15, 0.2) is 0 Å². The van der Waals surface area contributed by atoms with Crippen LogP contribution in [0.15, 0.2) is 59.1 Å². The monoisotopic (exact) mass is 472 g/mol. The summed E-state index contributed by atoms with van der Waals surface area (Å²) in [5, 5.41) is 17.8. The number of halogens is 3. The third-order valence-corrected chi connectivity index (χ3v) is 4.10. The highest BCUT2D eigenvalue weighted by molar-refractivity contribution is 5.74. The van der Waals surface area contributed by atoms with Gasteiger partial charge in [0.05, 0.1) is 12.7 Å². The number of aromatic nitrogens is 5. The lowest BCUT2D eigenvalue weighted by atomic mass is 10.1. The molecule has 1 N–H and O–H groups in total. The molecular weight excluding hydrogens is 449 g/mol. The Hall–Kier alpha value is -4.02. The molecule has 2 aromatic heterocycles. The fraction of sp³-hybridized carbons (Fsp3) is 0.261. The SMILES string of the molecule is CC(C)(C)F.O=CNc1cccc(-c2cn(Cc3ccc(-c4nnc(C(F)F)o4)cc3)nn2)c1. The summed E-state index contributed by atoms with van der Waals surface area (Å²) < 4.78 is 43.4. The summed E-state index contributed by atoms with van der Waals surface area (Å²) in [6.07, 6.45) is -0.393. The Balaban J connectivity index is 0.000000588. The molecule has 0 unspecified atom stereocenters. The van der Waals surface area contributed by atoms with E-state index in [1.807, 2.05) is 24.3 Å². The lowest BCUT2D eigenvalue weighted by molar-refractivity contribution is -0.105. The molecule has 2 heterocycles. The quantitative estimate of drug-likeness (QED) is 0.366. The molecule has 4 aromatic rings. The van der Waals surface area contributed by atoms with Crippen molar-refractivity contribution in [2.24, 2.45) is 0 Å². The van der Waals surface area contributed by atoms with Gasteiger partial charge in [0, 0.05) is 16.8 Å². The Morgan fingerprint density at radius 2 is 1.76 bits per heavy atom. The minimum absolute atomic E-state index is 0.0405. The first-order chi connectivity index (χ1) is 16.1. The summed E-state index contributed by atoms with van der Waals surface area (Å²) in [6, 6.07) is 14.3. The van der Waals surface area contributed by atoms with E-state index in [-0.39, 0.29) is 5.89 Å². The Morgan fingerprint density at radius 3 is 2.38 bits per heavy atom. The Kier molecular flexibility index (Phi) is 7.77. The fourth-order valence-electron chi connectivity index (χ4n) is 2.72. The molecule has 0 radical (unpaired) electrons. The predicted octanol–water partition coefficient (Wildman–Crippen LogP) is 5.30. The molecule has 34 heavy (non-hydrogen) atoms. The molecule has 0 saturated carbocycles. The molecule has 4 rings (SSSR count). The number of carbonyl (C=O) groups is 1. The normalized spacial score (nSPS) is 11.1. The van der Waals surface area contributed by atoms with Gasteiger partial charge in [-0.15, -0.1) is 15.3 Å². The molecule has 0 aliphatic rings. The van der Waals surface area contributed by atoms with Crippen molar-refractivity contribution in [1.82, 2.24) is 25.2 Å². The molecule has 178 valence electrons. The van der Waals surface area contributed by atoms with E-state index >= 15 is 0 Å². The van der Waals surface area contributed by atoms with Gasteiger partial charge in [-0.3, -0.25) is 4.79 Å². The topological polar surface area (TPSA) is 98.7 Å². The van der Waals surface area contributed by atoms with Crippen LogP contribution in [0.3, 0.4) is 0 Å². The number of anilines is 1. The second kappa shape index (κ2) is 10.7. The molecule has 0 fully saturated rings. The maximum atomic E-state index is 12.6. The van der Waals surface area contributed by atoms with Crippen LogP contribution in [-0.4, -0.2) is 37.3 Å². The molecular formula is C23H23F3N6O2. The number of benzene rings is 2. The second-order valence-corrected chi connectivity index (χ2v) is 8.15. The van der Waals surface area contributed by atoms with Gasteiger partial charge in [-0.25, -0.2) is 9.07 Å². The first-order valence-electron chi connectivity index (χ1n) is 10.2. The molecule has 0 aliphatic carbocycles. The maximum absolute atomic E-state index is 12.6. The summed E-state index contributed by atoms with van der Waals surface area (Å²) in [4.78, 5) is 10.6. The van der Waals surface area contributed by atoms with Crippen molar-refractivity contribution in [2.75, 3.05) is 5.32 Å². The number of carbonyl (C=O) groups excluding carboxylic acids is 1. The molecule has 0 atom stereocenters. The Morgan fingerprint density at radius 1 is 1.06 bits per heavy atom. The minimum atomic E-state index is -2.80. The molecule has 0 saturated heterocycles. The van der Waals surface area contributed by atoms with Gasteiger partial charge in [0.2, 0.25) is 12.3 Å². The van der Waals surface area contributed by atoms with Crippen LogP contribution < -0.4 is 5.32 Å². The highest BCUT2D eigenvalue weighted by Gasteiger charge is 2.17. The number of hydrogen-bond acceptors (Lipinski definition) is 6. The van der Waals surface area contributed by atoms with E-state index in [2.05, 4.69) is 25.8 Å². The predicted molar refractivity (Wildman–Crippen MR) is 120 cm³/mol. The molecule has 0 spiro atoms. The Bertz CT molecular complexity index is 1210. The molecule has 0 bridgehead atoms. The van der Waals surface area contributed by atoms with E-state index in [0.29, 0.717) is 29.9 Å². The molecule has 1 amide bonds. The number of alkyl halides is 3. The maximum Gasteiger partial charge on any atom is 0.314 e. The smallest absolute Gasteiger partial charge is 0.314 e. The van der Waals surface area contributed by atoms with Crippen LogP contribution in [-0.2, 0) is 11.3 Å². The van der Waals surface area contributed by atoms with Crippen molar-refractivity contribution in [3.8, 4) is 22.7 Å². The van der Waals surface area contributed by atoms with E-state index in [1.54, 1.807) is 35.1 Å². The number of amides is 1. The lowest BCUT2D eigenvalue weighted by Gasteiger charge is -2.02. The zero-order valence-corrected chi connectivity index (χ0v) is 18.7. The van der Waals surface area contributed by atoms with Gasteiger partial charge in [-0.1, -0.05) is 29.5 Å². The number of nitrogens with zero attached hydrogens (tertiary/aromatic N) is 5. The summed E-state index contributed by atoms with van der Waals surface area (Å²) in [6.45, 7) is 5.03. The minimum Gasteiger partial charge on any atom is -0.415 e. The summed E-state index contributed by atoms with van der Waals surface area (Å²) >= 11 is 0. The van der Waals surface area contributed by atoms with Gasteiger partial charge >= 0.3 is 6.43 Å². The zero-order valence-electron chi connectivity index (χ0n) is 18.7. The molecule has 8 nitrogen and oxygen atoms in total. The van der Waals surface area contributed by atoms with E-state index in [4.69, 9.17) is 4.42 Å². The largest absolute Gasteiger partial charge is 0.415 e. The third kappa shape index (κ3) is 7.26. The van der Waals surface area contributed by atoms with Crippen LogP contribution >= 0.6 is 0 Å².